The largest absolute Gasteiger partial charge is 0.0845 e. The Labute approximate surface area is 86.8 Å². The van der Waals surface area contributed by atoms with Gasteiger partial charge >= 0.3 is 0 Å². The maximum Gasteiger partial charge on any atom is -0.0107 e. The van der Waals surface area contributed by atoms with E-state index in [4.69, 9.17) is 0 Å². The highest BCUT2D eigenvalue weighted by molar-refractivity contribution is 5.25. The number of fused-ring (bicyclic) bond motifs is 9. The van der Waals surface area contributed by atoms with Crippen molar-refractivity contribution in [2.75, 3.05) is 0 Å². The van der Waals surface area contributed by atoms with Crippen molar-refractivity contribution in [2.24, 2.45) is 40.9 Å². The quantitative estimate of drug-likeness (QED) is 0.403. The molecular weight excluding hydrogens is 168 g/mol. The molecule has 0 aromatic heterocycles. The van der Waals surface area contributed by atoms with Gasteiger partial charge in [0.05, 0.1) is 0 Å². The molecule has 3 saturated carbocycles. The monoisotopic (exact) mass is 188 g/mol. The number of hydrogen-bond acceptors (Lipinski definition) is 0. The van der Waals surface area contributed by atoms with Gasteiger partial charge < -0.3 is 0 Å². The van der Waals surface area contributed by atoms with Gasteiger partial charge in [-0.05, 0) is 60.2 Å². The molecule has 0 aromatic carbocycles. The van der Waals surface area contributed by atoms with E-state index >= 15 is 0 Å². The van der Waals surface area contributed by atoms with Crippen LogP contribution in [0.4, 0.5) is 0 Å². The van der Waals surface area contributed by atoms with Crippen LogP contribution in [0.2, 0.25) is 0 Å². The third-order valence-corrected chi connectivity index (χ3v) is 6.06. The minimum atomic E-state index is 0.615. The van der Waals surface area contributed by atoms with E-state index in [1.165, 1.54) is 6.42 Å². The summed E-state index contributed by atoms with van der Waals surface area (Å²) in [4.78, 5) is 0. The SMILES string of the molecule is CC1CC2CC1C1C2C2C=CC1(C)C2. The van der Waals surface area contributed by atoms with Crippen molar-refractivity contribution in [2.45, 2.75) is 33.1 Å². The first-order chi connectivity index (χ1) is 6.69. The summed E-state index contributed by atoms with van der Waals surface area (Å²) in [6, 6.07) is 0. The molecule has 0 N–H and O–H groups in total. The van der Waals surface area contributed by atoms with Crippen molar-refractivity contribution < 1.29 is 0 Å². The van der Waals surface area contributed by atoms with Gasteiger partial charge in [0, 0.05) is 0 Å². The van der Waals surface area contributed by atoms with Crippen molar-refractivity contribution in [3.8, 4) is 0 Å². The second kappa shape index (κ2) is 2.13. The smallest absolute Gasteiger partial charge is 0.0107 e. The Morgan fingerprint density at radius 2 is 2.14 bits per heavy atom. The van der Waals surface area contributed by atoms with Gasteiger partial charge in [-0.2, -0.15) is 0 Å². The summed E-state index contributed by atoms with van der Waals surface area (Å²) in [5, 5.41) is 0. The fraction of sp³-hybridized carbons (Fsp3) is 0.857. The molecule has 4 aliphatic rings. The van der Waals surface area contributed by atoms with E-state index < -0.39 is 0 Å². The first-order valence-electron chi connectivity index (χ1n) is 6.38. The van der Waals surface area contributed by atoms with Crippen LogP contribution in [0.1, 0.15) is 33.1 Å². The zero-order valence-electron chi connectivity index (χ0n) is 9.24. The zero-order valence-corrected chi connectivity index (χ0v) is 9.24. The van der Waals surface area contributed by atoms with E-state index in [9.17, 15) is 0 Å². The highest BCUT2D eigenvalue weighted by Gasteiger charge is 2.64. The summed E-state index contributed by atoms with van der Waals surface area (Å²) >= 11 is 0. The van der Waals surface area contributed by atoms with E-state index in [2.05, 4.69) is 26.0 Å². The van der Waals surface area contributed by atoms with Gasteiger partial charge in [-0.1, -0.05) is 26.0 Å². The number of allylic oxidation sites excluding steroid dienone is 2. The van der Waals surface area contributed by atoms with Gasteiger partial charge in [-0.25, -0.2) is 0 Å². The summed E-state index contributed by atoms with van der Waals surface area (Å²) in [5.74, 6) is 6.39. The molecule has 0 amide bonds. The second-order valence-corrected chi connectivity index (χ2v) is 6.71. The molecule has 7 atom stereocenters. The maximum atomic E-state index is 2.56. The fourth-order valence-corrected chi connectivity index (χ4v) is 5.77. The average Bonchev–Trinajstić information content (AvgIpc) is 2.78. The third-order valence-electron chi connectivity index (χ3n) is 6.06. The Morgan fingerprint density at radius 3 is 3.00 bits per heavy atom. The van der Waals surface area contributed by atoms with Crippen LogP contribution in [0.3, 0.4) is 0 Å². The molecular formula is C14H20. The number of hydrogen-bond donors (Lipinski definition) is 0. The molecule has 0 heterocycles. The topological polar surface area (TPSA) is 0 Å². The van der Waals surface area contributed by atoms with Crippen LogP contribution < -0.4 is 0 Å². The lowest BCUT2D eigenvalue weighted by molar-refractivity contribution is 0.119. The predicted octanol–water partition coefficient (Wildman–Crippen LogP) is 3.49. The third kappa shape index (κ3) is 0.677. The maximum absolute atomic E-state index is 2.56. The highest BCUT2D eigenvalue weighted by Crippen LogP contribution is 2.70. The zero-order chi connectivity index (χ0) is 9.50. The van der Waals surface area contributed by atoms with Gasteiger partial charge in [0.1, 0.15) is 0 Å². The molecule has 4 rings (SSSR count). The van der Waals surface area contributed by atoms with E-state index in [0.29, 0.717) is 5.41 Å². The van der Waals surface area contributed by atoms with Crippen LogP contribution in [0.15, 0.2) is 12.2 Å². The minimum Gasteiger partial charge on any atom is -0.0845 e. The van der Waals surface area contributed by atoms with Gasteiger partial charge in [0.2, 0.25) is 0 Å². The first-order valence-corrected chi connectivity index (χ1v) is 6.38. The summed E-state index contributed by atoms with van der Waals surface area (Å²) in [6.07, 6.45) is 9.72. The Balaban J connectivity index is 1.82. The predicted molar refractivity (Wildman–Crippen MR) is 57.7 cm³/mol. The fourth-order valence-electron chi connectivity index (χ4n) is 5.77. The lowest BCUT2D eigenvalue weighted by Crippen LogP contribution is -2.34. The lowest BCUT2D eigenvalue weighted by Gasteiger charge is -2.39. The number of rotatable bonds is 0. The second-order valence-electron chi connectivity index (χ2n) is 6.71. The molecule has 0 aliphatic heterocycles. The van der Waals surface area contributed by atoms with Gasteiger partial charge in [-0.15, -0.1) is 0 Å². The average molecular weight is 188 g/mol. The summed E-state index contributed by atoms with van der Waals surface area (Å²) in [7, 11) is 0. The van der Waals surface area contributed by atoms with Crippen molar-refractivity contribution in [3.63, 3.8) is 0 Å². The summed E-state index contributed by atoms with van der Waals surface area (Å²) in [5.41, 5.74) is 0.615. The molecule has 0 aromatic rings. The molecule has 0 nitrogen and oxygen atoms in total. The molecule has 0 heteroatoms. The van der Waals surface area contributed by atoms with Crippen molar-refractivity contribution >= 4 is 0 Å². The van der Waals surface area contributed by atoms with E-state index in [1.807, 2.05) is 0 Å². The highest BCUT2D eigenvalue weighted by atomic mass is 14.7. The van der Waals surface area contributed by atoms with Gasteiger partial charge in [0.15, 0.2) is 0 Å². The Hall–Kier alpha value is -0.260. The van der Waals surface area contributed by atoms with Crippen molar-refractivity contribution in [1.82, 2.24) is 0 Å². The summed E-state index contributed by atoms with van der Waals surface area (Å²) < 4.78 is 0. The van der Waals surface area contributed by atoms with Crippen molar-refractivity contribution in [1.29, 1.82) is 0 Å². The Bertz CT molecular complexity index is 316. The van der Waals surface area contributed by atoms with Gasteiger partial charge in [0.25, 0.3) is 0 Å². The summed E-state index contributed by atoms with van der Waals surface area (Å²) in [6.45, 7) is 5.03. The molecule has 7 unspecified atom stereocenters. The molecule has 14 heavy (non-hydrogen) atoms. The Morgan fingerprint density at radius 1 is 1.29 bits per heavy atom. The van der Waals surface area contributed by atoms with E-state index in [0.717, 1.165) is 35.5 Å². The van der Waals surface area contributed by atoms with E-state index in [-0.39, 0.29) is 0 Å². The lowest BCUT2D eigenvalue weighted by atomic mass is 9.65. The Kier molecular flexibility index (Phi) is 1.21. The van der Waals surface area contributed by atoms with Crippen LogP contribution in [-0.2, 0) is 0 Å². The van der Waals surface area contributed by atoms with Crippen LogP contribution in [-0.4, -0.2) is 0 Å². The normalized spacial score (nSPS) is 67.9. The first kappa shape index (κ1) is 7.96. The minimum absolute atomic E-state index is 0.615. The van der Waals surface area contributed by atoms with Crippen molar-refractivity contribution in [3.05, 3.63) is 12.2 Å². The molecule has 0 radical (unpaired) electrons. The standard InChI is InChI=1S/C14H20/c1-8-5-10-6-11(8)13-12(10)9-3-4-14(13,2)7-9/h3-4,8-13H,5-7H2,1-2H3. The molecule has 0 spiro atoms. The molecule has 3 fully saturated rings. The molecule has 0 saturated heterocycles. The van der Waals surface area contributed by atoms with Crippen LogP contribution in [0.5, 0.6) is 0 Å². The van der Waals surface area contributed by atoms with Crippen LogP contribution in [0, 0.1) is 40.9 Å². The van der Waals surface area contributed by atoms with Crippen LogP contribution in [0.25, 0.3) is 0 Å². The molecule has 4 aliphatic carbocycles. The molecule has 76 valence electrons. The van der Waals surface area contributed by atoms with E-state index in [1.54, 1.807) is 12.8 Å². The van der Waals surface area contributed by atoms with Crippen LogP contribution >= 0.6 is 0 Å². The van der Waals surface area contributed by atoms with Gasteiger partial charge in [-0.3, -0.25) is 0 Å². The molecule has 4 bridgehead atoms.